The molecule has 168 valence electrons. The van der Waals surface area contributed by atoms with Gasteiger partial charge in [0, 0.05) is 31.7 Å². The van der Waals surface area contributed by atoms with Crippen molar-refractivity contribution in [3.8, 4) is 0 Å². The van der Waals surface area contributed by atoms with Crippen LogP contribution in [0.4, 0.5) is 0 Å². The van der Waals surface area contributed by atoms with E-state index in [4.69, 9.17) is 9.15 Å². The lowest BCUT2D eigenvalue weighted by Crippen LogP contribution is -2.51. The third kappa shape index (κ3) is 5.71. The summed E-state index contributed by atoms with van der Waals surface area (Å²) in [4.78, 5) is 26.1. The second-order valence-electron chi connectivity index (χ2n) is 6.97. The van der Waals surface area contributed by atoms with Crippen molar-refractivity contribution in [2.75, 3.05) is 39.0 Å². The maximum absolute atomic E-state index is 12.5. The first-order chi connectivity index (χ1) is 14.6. The number of sulfone groups is 1. The van der Waals surface area contributed by atoms with Gasteiger partial charge in [0.1, 0.15) is 0 Å². The highest BCUT2D eigenvalue weighted by Crippen LogP contribution is 2.20. The van der Waals surface area contributed by atoms with Gasteiger partial charge >= 0.3 is 5.97 Å². The molecule has 1 saturated heterocycles. The molecule has 2 heterocycles. The molecule has 1 aliphatic heterocycles. The number of furan rings is 1. The largest absolute Gasteiger partial charge is 0.457 e. The average Bonchev–Trinajstić information content (AvgIpc) is 3.19. The predicted octanol–water partition coefficient (Wildman–Crippen LogP) is 0.514. The van der Waals surface area contributed by atoms with Crippen LogP contribution >= 0.6 is 0 Å². The van der Waals surface area contributed by atoms with Crippen molar-refractivity contribution >= 4 is 31.7 Å². The summed E-state index contributed by atoms with van der Waals surface area (Å²) in [6.45, 7) is 0.134. The van der Waals surface area contributed by atoms with Crippen molar-refractivity contribution in [2.24, 2.45) is 0 Å². The molecule has 0 N–H and O–H groups in total. The first-order valence-corrected chi connectivity index (χ1v) is 12.8. The number of ether oxygens (including phenoxy) is 1. The number of nitrogens with zero attached hydrogens (tertiary/aromatic N) is 2. The molecule has 31 heavy (non-hydrogen) atoms. The van der Waals surface area contributed by atoms with Gasteiger partial charge in [-0.1, -0.05) is 18.2 Å². The third-order valence-electron chi connectivity index (χ3n) is 4.77. The Morgan fingerprint density at radius 2 is 1.65 bits per heavy atom. The Balaban J connectivity index is 1.58. The topological polar surface area (TPSA) is 131 Å². The molecule has 12 heteroatoms. The quantitative estimate of drug-likeness (QED) is 0.535. The van der Waals surface area contributed by atoms with Crippen molar-refractivity contribution in [1.82, 2.24) is 9.21 Å². The number of sulfonamides is 1. The Kier molecular flexibility index (Phi) is 6.82. The Morgan fingerprint density at radius 1 is 1.00 bits per heavy atom. The first kappa shape index (κ1) is 23.0. The lowest BCUT2D eigenvalue weighted by molar-refractivity contribution is -0.135. The normalized spacial score (nSPS) is 15.6. The summed E-state index contributed by atoms with van der Waals surface area (Å²) in [6.07, 6.45) is 2.28. The third-order valence-corrected chi connectivity index (χ3v) is 7.75. The van der Waals surface area contributed by atoms with E-state index in [2.05, 4.69) is 0 Å². The standard InChI is InChI=1S/C19H22N2O8S2/c1-30(24,25)21-10-8-20(9-11-21)17(22)13-29-19(23)18-15(7-12-28-18)14-31(26,27)16-5-3-2-4-6-16/h2-7,12H,8-11,13-14H2,1H3. The summed E-state index contributed by atoms with van der Waals surface area (Å²) in [7, 11) is -7.02. The summed E-state index contributed by atoms with van der Waals surface area (Å²) >= 11 is 0. The van der Waals surface area contributed by atoms with Gasteiger partial charge in [-0.05, 0) is 18.2 Å². The van der Waals surface area contributed by atoms with Crippen LogP contribution in [0.1, 0.15) is 16.1 Å². The Labute approximate surface area is 180 Å². The number of rotatable bonds is 7. The molecule has 0 saturated carbocycles. The summed E-state index contributed by atoms with van der Waals surface area (Å²) in [6, 6.07) is 9.16. The van der Waals surface area contributed by atoms with Gasteiger partial charge < -0.3 is 14.1 Å². The van der Waals surface area contributed by atoms with Gasteiger partial charge in [-0.15, -0.1) is 0 Å². The van der Waals surface area contributed by atoms with Crippen molar-refractivity contribution in [3.63, 3.8) is 0 Å². The Morgan fingerprint density at radius 3 is 2.26 bits per heavy atom. The van der Waals surface area contributed by atoms with E-state index in [1.54, 1.807) is 18.2 Å². The van der Waals surface area contributed by atoms with Crippen LogP contribution in [0.3, 0.4) is 0 Å². The van der Waals surface area contributed by atoms with Gasteiger partial charge in [-0.25, -0.2) is 21.6 Å². The smallest absolute Gasteiger partial charge is 0.375 e. The number of carbonyl (C=O) groups is 2. The number of amides is 1. The van der Waals surface area contributed by atoms with Crippen LogP contribution in [-0.2, 0) is 35.1 Å². The van der Waals surface area contributed by atoms with Crippen molar-refractivity contribution < 1.29 is 35.6 Å². The minimum Gasteiger partial charge on any atom is -0.457 e. The van der Waals surface area contributed by atoms with E-state index >= 15 is 0 Å². The Hall–Kier alpha value is -2.70. The van der Waals surface area contributed by atoms with Crippen LogP contribution in [0.25, 0.3) is 0 Å². The van der Waals surface area contributed by atoms with Gasteiger partial charge in [-0.3, -0.25) is 4.79 Å². The molecule has 1 aromatic carbocycles. The molecule has 1 fully saturated rings. The van der Waals surface area contributed by atoms with E-state index in [0.717, 1.165) is 6.26 Å². The molecule has 3 rings (SSSR count). The SMILES string of the molecule is CS(=O)(=O)N1CCN(C(=O)COC(=O)c2occc2CS(=O)(=O)c2ccccc2)CC1. The van der Waals surface area contributed by atoms with E-state index in [0.29, 0.717) is 0 Å². The van der Waals surface area contributed by atoms with E-state index in [1.165, 1.54) is 33.7 Å². The van der Waals surface area contributed by atoms with Gasteiger partial charge in [0.25, 0.3) is 5.91 Å². The summed E-state index contributed by atoms with van der Waals surface area (Å²) in [5.41, 5.74) is 0.128. The van der Waals surface area contributed by atoms with E-state index < -0.39 is 44.1 Å². The molecular formula is C19H22N2O8S2. The van der Waals surface area contributed by atoms with E-state index in [1.807, 2.05) is 0 Å². The lowest BCUT2D eigenvalue weighted by atomic mass is 10.3. The fraction of sp³-hybridized carbons (Fsp3) is 0.368. The fourth-order valence-corrected chi connectivity index (χ4v) is 5.30. The lowest BCUT2D eigenvalue weighted by Gasteiger charge is -2.33. The van der Waals surface area contributed by atoms with Crippen molar-refractivity contribution in [2.45, 2.75) is 10.6 Å². The molecule has 1 aromatic heterocycles. The van der Waals surface area contributed by atoms with Crippen molar-refractivity contribution in [3.05, 3.63) is 54.0 Å². The minimum absolute atomic E-state index is 0.110. The summed E-state index contributed by atoms with van der Waals surface area (Å²) in [5, 5.41) is 0. The number of hydrogen-bond donors (Lipinski definition) is 0. The number of esters is 1. The van der Waals surface area contributed by atoms with Gasteiger partial charge in [0.2, 0.25) is 15.8 Å². The maximum atomic E-state index is 12.5. The number of piperazine rings is 1. The highest BCUT2D eigenvalue weighted by Gasteiger charge is 2.28. The van der Waals surface area contributed by atoms with Gasteiger partial charge in [-0.2, -0.15) is 4.31 Å². The molecule has 2 aromatic rings. The fourth-order valence-electron chi connectivity index (χ4n) is 3.10. The number of benzene rings is 1. The minimum atomic E-state index is -3.70. The molecule has 1 aliphatic rings. The first-order valence-electron chi connectivity index (χ1n) is 9.32. The molecule has 0 aliphatic carbocycles. The summed E-state index contributed by atoms with van der Waals surface area (Å²) < 4.78 is 59.5. The zero-order chi connectivity index (χ0) is 22.6. The van der Waals surface area contributed by atoms with Crippen molar-refractivity contribution in [1.29, 1.82) is 0 Å². The molecular weight excluding hydrogens is 448 g/mol. The molecule has 10 nitrogen and oxygen atoms in total. The zero-order valence-corrected chi connectivity index (χ0v) is 18.4. The van der Waals surface area contributed by atoms with Crippen LogP contribution in [0.2, 0.25) is 0 Å². The molecule has 1 amide bonds. The van der Waals surface area contributed by atoms with Crippen LogP contribution in [0, 0.1) is 0 Å². The van der Waals surface area contributed by atoms with Gasteiger partial charge in [0.05, 0.1) is 23.2 Å². The molecule has 0 radical (unpaired) electrons. The number of hydrogen-bond acceptors (Lipinski definition) is 8. The van der Waals surface area contributed by atoms with Crippen LogP contribution in [0.5, 0.6) is 0 Å². The van der Waals surface area contributed by atoms with Crippen LogP contribution < -0.4 is 0 Å². The zero-order valence-electron chi connectivity index (χ0n) is 16.8. The molecule has 0 bridgehead atoms. The predicted molar refractivity (Wildman–Crippen MR) is 109 cm³/mol. The summed E-state index contributed by atoms with van der Waals surface area (Å²) in [5.74, 6) is -2.17. The molecule has 0 atom stereocenters. The maximum Gasteiger partial charge on any atom is 0.375 e. The molecule has 0 spiro atoms. The number of carbonyl (C=O) groups excluding carboxylic acids is 2. The Bertz CT molecular complexity index is 1150. The second-order valence-corrected chi connectivity index (χ2v) is 10.9. The van der Waals surface area contributed by atoms with E-state index in [9.17, 15) is 26.4 Å². The van der Waals surface area contributed by atoms with E-state index in [-0.39, 0.29) is 42.4 Å². The van der Waals surface area contributed by atoms with Crippen LogP contribution in [-0.4, -0.2) is 77.0 Å². The van der Waals surface area contributed by atoms with Crippen LogP contribution in [0.15, 0.2) is 52.0 Å². The highest BCUT2D eigenvalue weighted by atomic mass is 32.2. The second kappa shape index (κ2) is 9.20. The average molecular weight is 471 g/mol. The highest BCUT2D eigenvalue weighted by molar-refractivity contribution is 7.90. The van der Waals surface area contributed by atoms with Gasteiger partial charge in [0.15, 0.2) is 16.4 Å². The monoisotopic (exact) mass is 470 g/mol. The molecule has 0 unspecified atom stereocenters.